The molecule has 0 radical (unpaired) electrons. The third-order valence-electron chi connectivity index (χ3n) is 3.00. The van der Waals surface area contributed by atoms with Gasteiger partial charge in [0.2, 0.25) is 11.8 Å². The molecule has 24 heavy (non-hydrogen) atoms. The quantitative estimate of drug-likeness (QED) is 0.726. The first-order valence-electron chi connectivity index (χ1n) is 6.72. The summed E-state index contributed by atoms with van der Waals surface area (Å²) in [5, 5.41) is 4.10. The molecule has 0 heterocycles. The Labute approximate surface area is 148 Å². The van der Waals surface area contributed by atoms with Crippen LogP contribution < -0.4 is 16.4 Å². The van der Waals surface area contributed by atoms with E-state index in [9.17, 15) is 22.8 Å². The highest BCUT2D eigenvalue weighted by Crippen LogP contribution is 2.36. The fraction of sp³-hybridized carbons (Fsp3) is 0.429. The van der Waals surface area contributed by atoms with E-state index in [2.05, 4.69) is 10.6 Å². The highest BCUT2D eigenvalue weighted by molar-refractivity contribution is 6.31. The topological polar surface area (TPSA) is 84.2 Å². The summed E-state index contributed by atoms with van der Waals surface area (Å²) < 4.78 is 38.1. The van der Waals surface area contributed by atoms with E-state index in [1.165, 1.54) is 6.07 Å². The number of carbonyl (C=O) groups is 2. The van der Waals surface area contributed by atoms with Crippen LogP contribution in [0.4, 0.5) is 18.9 Å². The van der Waals surface area contributed by atoms with E-state index in [1.807, 2.05) is 0 Å². The van der Waals surface area contributed by atoms with E-state index in [4.69, 9.17) is 17.3 Å². The summed E-state index contributed by atoms with van der Waals surface area (Å²) in [6, 6.07) is 2.22. The van der Waals surface area contributed by atoms with Crippen LogP contribution in [0.1, 0.15) is 19.4 Å². The molecule has 5 nitrogen and oxygen atoms in total. The molecule has 10 heteroatoms. The van der Waals surface area contributed by atoms with Gasteiger partial charge in [0.05, 0.1) is 23.2 Å². The number of nitrogens with two attached hydrogens (primary N) is 1. The van der Waals surface area contributed by atoms with Crippen LogP contribution in [0.2, 0.25) is 5.02 Å². The van der Waals surface area contributed by atoms with Crippen molar-refractivity contribution >= 4 is 41.5 Å². The summed E-state index contributed by atoms with van der Waals surface area (Å²) in [5.74, 6) is -1.30. The summed E-state index contributed by atoms with van der Waals surface area (Å²) in [6.07, 6.45) is -4.63. The largest absolute Gasteiger partial charge is 0.417 e. The summed E-state index contributed by atoms with van der Waals surface area (Å²) in [7, 11) is 0. The molecule has 0 saturated carbocycles. The van der Waals surface area contributed by atoms with Crippen molar-refractivity contribution < 1.29 is 22.8 Å². The summed E-state index contributed by atoms with van der Waals surface area (Å²) in [6.45, 7) is 3.09. The van der Waals surface area contributed by atoms with Gasteiger partial charge in [0.1, 0.15) is 0 Å². The number of anilines is 1. The number of amides is 2. The fourth-order valence-electron chi connectivity index (χ4n) is 1.61. The first kappa shape index (κ1) is 22.5. The number of hydrogen-bond acceptors (Lipinski definition) is 3. The fourth-order valence-corrected chi connectivity index (χ4v) is 1.84. The molecule has 1 rings (SSSR count). The lowest BCUT2D eigenvalue weighted by atomic mass is 10.1. The van der Waals surface area contributed by atoms with E-state index < -0.39 is 41.2 Å². The van der Waals surface area contributed by atoms with Crippen LogP contribution in [0.3, 0.4) is 0 Å². The zero-order chi connectivity index (χ0) is 17.8. The zero-order valence-electron chi connectivity index (χ0n) is 12.9. The Morgan fingerprint density at radius 2 is 1.88 bits per heavy atom. The maximum absolute atomic E-state index is 12.7. The molecular weight excluding hydrogens is 370 g/mol. The van der Waals surface area contributed by atoms with Crippen LogP contribution in [0.25, 0.3) is 0 Å². The van der Waals surface area contributed by atoms with E-state index in [0.717, 1.165) is 12.1 Å². The summed E-state index contributed by atoms with van der Waals surface area (Å²) >= 11 is 5.48. The van der Waals surface area contributed by atoms with E-state index in [1.54, 1.807) is 13.8 Å². The molecule has 0 aliphatic heterocycles. The Kier molecular flexibility index (Phi) is 8.53. The monoisotopic (exact) mass is 387 g/mol. The Morgan fingerprint density at radius 3 is 2.38 bits per heavy atom. The van der Waals surface area contributed by atoms with Crippen LogP contribution in [0.15, 0.2) is 18.2 Å². The van der Waals surface area contributed by atoms with Crippen molar-refractivity contribution in [3.63, 3.8) is 0 Å². The summed E-state index contributed by atoms with van der Waals surface area (Å²) in [4.78, 5) is 23.3. The highest BCUT2D eigenvalue weighted by atomic mass is 35.5. The van der Waals surface area contributed by atoms with Gasteiger partial charge in [0.25, 0.3) is 0 Å². The smallest absolute Gasteiger partial charge is 0.346 e. The van der Waals surface area contributed by atoms with Gasteiger partial charge in [-0.1, -0.05) is 25.4 Å². The Hall–Kier alpha value is -1.51. The van der Waals surface area contributed by atoms with E-state index in [-0.39, 0.29) is 24.0 Å². The van der Waals surface area contributed by atoms with Gasteiger partial charge in [-0.2, -0.15) is 13.2 Å². The maximum atomic E-state index is 12.7. The molecule has 0 unspecified atom stereocenters. The van der Waals surface area contributed by atoms with Crippen molar-refractivity contribution in [3.8, 4) is 0 Å². The normalized spacial score (nSPS) is 12.3. The van der Waals surface area contributed by atoms with Gasteiger partial charge in [-0.25, -0.2) is 0 Å². The molecule has 0 aromatic heterocycles. The van der Waals surface area contributed by atoms with Crippen LogP contribution in [-0.4, -0.2) is 24.4 Å². The van der Waals surface area contributed by atoms with Gasteiger partial charge < -0.3 is 16.4 Å². The van der Waals surface area contributed by atoms with Crippen LogP contribution in [0, 0.1) is 5.92 Å². The first-order valence-corrected chi connectivity index (χ1v) is 7.10. The summed E-state index contributed by atoms with van der Waals surface area (Å²) in [5.41, 5.74) is 4.47. The van der Waals surface area contributed by atoms with E-state index >= 15 is 0 Å². The zero-order valence-corrected chi connectivity index (χ0v) is 14.5. The number of carbonyl (C=O) groups excluding carboxylic acids is 2. The van der Waals surface area contributed by atoms with Gasteiger partial charge in [-0.15, -0.1) is 12.4 Å². The number of benzene rings is 1. The van der Waals surface area contributed by atoms with Gasteiger partial charge in [0, 0.05) is 5.69 Å². The van der Waals surface area contributed by atoms with Crippen LogP contribution >= 0.6 is 24.0 Å². The Balaban J connectivity index is 0.00000529. The third kappa shape index (κ3) is 6.54. The second kappa shape index (κ2) is 9.10. The molecule has 136 valence electrons. The van der Waals surface area contributed by atoms with Gasteiger partial charge >= 0.3 is 6.18 Å². The van der Waals surface area contributed by atoms with E-state index in [0.29, 0.717) is 0 Å². The van der Waals surface area contributed by atoms with Crippen LogP contribution in [-0.2, 0) is 15.8 Å². The third-order valence-corrected chi connectivity index (χ3v) is 3.33. The molecule has 0 bridgehead atoms. The molecule has 1 aromatic carbocycles. The molecule has 4 N–H and O–H groups in total. The Morgan fingerprint density at radius 1 is 1.29 bits per heavy atom. The lowest BCUT2D eigenvalue weighted by molar-refractivity contribution is -0.137. The average molecular weight is 388 g/mol. The SMILES string of the molecule is CC(C)[C@H](N)C(=O)NCC(=O)Nc1ccc(Cl)c(C(F)(F)F)c1.Cl. The van der Waals surface area contributed by atoms with Crippen molar-refractivity contribution in [3.05, 3.63) is 28.8 Å². The predicted octanol–water partition coefficient (Wildman–Crippen LogP) is 2.82. The minimum atomic E-state index is -4.63. The number of alkyl halides is 3. The molecule has 0 aliphatic rings. The molecule has 1 atom stereocenters. The molecular formula is C14H18Cl2F3N3O2. The van der Waals surface area contributed by atoms with Crippen LogP contribution in [0.5, 0.6) is 0 Å². The maximum Gasteiger partial charge on any atom is 0.417 e. The van der Waals surface area contributed by atoms with Crippen molar-refractivity contribution in [1.29, 1.82) is 0 Å². The van der Waals surface area contributed by atoms with Crippen molar-refractivity contribution in [2.75, 3.05) is 11.9 Å². The highest BCUT2D eigenvalue weighted by Gasteiger charge is 2.33. The second-order valence-corrected chi connectivity index (χ2v) is 5.64. The standard InChI is InChI=1S/C14H17ClF3N3O2.ClH/c1-7(2)12(19)13(23)20-6-11(22)21-8-3-4-10(15)9(5-8)14(16,17)18;/h3-5,7,12H,6,19H2,1-2H3,(H,20,23)(H,21,22);1H/t12-;/m0./s1. The van der Waals surface area contributed by atoms with Gasteiger partial charge in [-0.05, 0) is 24.1 Å². The number of hydrogen-bond donors (Lipinski definition) is 3. The predicted molar refractivity (Wildman–Crippen MR) is 88.2 cm³/mol. The lowest BCUT2D eigenvalue weighted by Gasteiger charge is -2.15. The molecule has 1 aromatic rings. The number of nitrogens with one attached hydrogen (secondary N) is 2. The van der Waals surface area contributed by atoms with Gasteiger partial charge in [0.15, 0.2) is 0 Å². The van der Waals surface area contributed by atoms with Crippen molar-refractivity contribution in [2.24, 2.45) is 11.7 Å². The minimum Gasteiger partial charge on any atom is -0.346 e. The van der Waals surface area contributed by atoms with Crippen molar-refractivity contribution in [2.45, 2.75) is 26.1 Å². The first-order chi connectivity index (χ1) is 10.5. The van der Waals surface area contributed by atoms with Crippen molar-refractivity contribution in [1.82, 2.24) is 5.32 Å². The number of halogens is 5. The minimum absolute atomic E-state index is 0. The average Bonchev–Trinajstić information content (AvgIpc) is 2.44. The molecule has 0 saturated heterocycles. The number of rotatable bonds is 5. The molecule has 0 spiro atoms. The Bertz CT molecular complexity index is 595. The molecule has 0 aliphatic carbocycles. The lowest BCUT2D eigenvalue weighted by Crippen LogP contribution is -2.46. The second-order valence-electron chi connectivity index (χ2n) is 5.23. The molecule has 0 fully saturated rings. The molecule has 2 amide bonds. The van der Waals surface area contributed by atoms with Gasteiger partial charge in [-0.3, -0.25) is 9.59 Å².